The summed E-state index contributed by atoms with van der Waals surface area (Å²) in [5.74, 6) is -1.50. The van der Waals surface area contributed by atoms with Crippen molar-refractivity contribution in [1.29, 1.82) is 0 Å². The first-order valence-corrected chi connectivity index (χ1v) is 7.62. The van der Waals surface area contributed by atoms with Crippen molar-refractivity contribution in [2.24, 2.45) is 5.92 Å². The van der Waals surface area contributed by atoms with E-state index in [1.165, 1.54) is 12.2 Å². The third-order valence-electron chi connectivity index (χ3n) is 3.44. The summed E-state index contributed by atoms with van der Waals surface area (Å²) in [6.45, 7) is 0.300. The van der Waals surface area contributed by atoms with Gasteiger partial charge < -0.3 is 9.47 Å². The van der Waals surface area contributed by atoms with Gasteiger partial charge in [-0.2, -0.15) is 13.2 Å². The maximum Gasteiger partial charge on any atom is 0.422 e. The van der Waals surface area contributed by atoms with Gasteiger partial charge in [0.2, 0.25) is 0 Å². The number of esters is 2. The Morgan fingerprint density at radius 2 is 1.78 bits per heavy atom. The molecule has 130 valence electrons. The Morgan fingerprint density at radius 3 is 2.35 bits per heavy atom. The number of hydrogen-bond acceptors (Lipinski definition) is 4. The number of rotatable bonds is 6. The van der Waals surface area contributed by atoms with Crippen molar-refractivity contribution in [3.63, 3.8) is 0 Å². The lowest BCUT2D eigenvalue weighted by Gasteiger charge is -2.23. The van der Waals surface area contributed by atoms with E-state index in [-0.39, 0.29) is 12.5 Å². The normalized spacial score (nSPS) is 17.3. The molecule has 0 radical (unpaired) electrons. The van der Waals surface area contributed by atoms with E-state index in [0.29, 0.717) is 5.57 Å². The molecule has 0 amide bonds. The van der Waals surface area contributed by atoms with E-state index in [9.17, 15) is 22.8 Å². The lowest BCUT2D eigenvalue weighted by molar-refractivity contribution is -0.182. The van der Waals surface area contributed by atoms with Gasteiger partial charge in [-0.15, -0.1) is 0 Å². The molecule has 4 nitrogen and oxygen atoms in total. The number of alkyl halides is 3. The van der Waals surface area contributed by atoms with Gasteiger partial charge >= 0.3 is 18.1 Å². The van der Waals surface area contributed by atoms with Crippen LogP contribution in [0.4, 0.5) is 13.2 Å². The fourth-order valence-electron chi connectivity index (χ4n) is 2.43. The van der Waals surface area contributed by atoms with E-state index < -0.39 is 24.7 Å². The summed E-state index contributed by atoms with van der Waals surface area (Å²) >= 11 is 0. The van der Waals surface area contributed by atoms with Gasteiger partial charge in [0, 0.05) is 11.6 Å². The van der Waals surface area contributed by atoms with Crippen LogP contribution in [0.1, 0.15) is 39.0 Å². The average Bonchev–Trinajstić information content (AvgIpc) is 2.50. The standard InChI is InChI=1S/C16H21F3O4/c1-2-22-15(21)13(12-7-4-3-5-8-12)9-6-10-14(20)23-11-16(17,18)19/h6,9-10,12H,2-5,7-8,11H2,1H3/b10-6+,13-9-. The summed E-state index contributed by atoms with van der Waals surface area (Å²) in [5, 5.41) is 0. The Balaban J connectivity index is 2.69. The Kier molecular flexibility index (Phi) is 7.85. The molecule has 0 N–H and O–H groups in total. The van der Waals surface area contributed by atoms with Crippen molar-refractivity contribution in [1.82, 2.24) is 0 Å². The summed E-state index contributed by atoms with van der Waals surface area (Å²) < 4.78 is 44.8. The Hall–Kier alpha value is -1.79. The van der Waals surface area contributed by atoms with Gasteiger partial charge in [-0.3, -0.25) is 0 Å². The van der Waals surface area contributed by atoms with Gasteiger partial charge in [0.25, 0.3) is 0 Å². The first-order chi connectivity index (χ1) is 10.8. The molecule has 1 aliphatic carbocycles. The maximum atomic E-state index is 12.0. The Labute approximate surface area is 133 Å². The number of carbonyl (C=O) groups is 2. The van der Waals surface area contributed by atoms with Crippen LogP contribution in [0, 0.1) is 5.92 Å². The SMILES string of the molecule is CCOC(=O)/C(=C\C=C\C(=O)OCC(F)(F)F)C1CCCCC1. The highest BCUT2D eigenvalue weighted by Gasteiger charge is 2.29. The molecule has 0 bridgehead atoms. The average molecular weight is 334 g/mol. The predicted octanol–water partition coefficient (Wildman–Crippen LogP) is 3.72. The van der Waals surface area contributed by atoms with Gasteiger partial charge in [-0.1, -0.05) is 31.4 Å². The minimum absolute atomic E-state index is 0.0543. The molecule has 0 aromatic rings. The van der Waals surface area contributed by atoms with Crippen LogP contribution in [0.25, 0.3) is 0 Å². The molecule has 7 heteroatoms. The topological polar surface area (TPSA) is 52.6 Å². The fourth-order valence-corrected chi connectivity index (χ4v) is 2.43. The van der Waals surface area contributed by atoms with Crippen LogP contribution >= 0.6 is 0 Å². The number of ether oxygens (including phenoxy) is 2. The van der Waals surface area contributed by atoms with E-state index in [1.54, 1.807) is 6.92 Å². The summed E-state index contributed by atoms with van der Waals surface area (Å²) in [7, 11) is 0. The number of carbonyl (C=O) groups excluding carboxylic acids is 2. The highest BCUT2D eigenvalue weighted by atomic mass is 19.4. The molecule has 0 aromatic heterocycles. The Bertz CT molecular complexity index is 460. The number of hydrogen-bond donors (Lipinski definition) is 0. The smallest absolute Gasteiger partial charge is 0.422 e. The van der Waals surface area contributed by atoms with E-state index in [2.05, 4.69) is 4.74 Å². The third kappa shape index (κ3) is 7.85. The molecular formula is C16H21F3O4. The molecule has 0 atom stereocenters. The molecule has 1 saturated carbocycles. The summed E-state index contributed by atoms with van der Waals surface area (Å²) in [6, 6.07) is 0. The van der Waals surface area contributed by atoms with Crippen molar-refractivity contribution >= 4 is 11.9 Å². The first-order valence-electron chi connectivity index (χ1n) is 7.62. The second-order valence-electron chi connectivity index (χ2n) is 5.26. The fraction of sp³-hybridized carbons (Fsp3) is 0.625. The predicted molar refractivity (Wildman–Crippen MR) is 77.4 cm³/mol. The zero-order chi connectivity index (χ0) is 17.3. The van der Waals surface area contributed by atoms with E-state index in [0.717, 1.165) is 38.2 Å². The zero-order valence-electron chi connectivity index (χ0n) is 13.0. The van der Waals surface area contributed by atoms with Gasteiger partial charge in [-0.25, -0.2) is 9.59 Å². The van der Waals surface area contributed by atoms with Crippen LogP contribution in [0.5, 0.6) is 0 Å². The molecule has 1 fully saturated rings. The minimum Gasteiger partial charge on any atom is -0.463 e. The number of allylic oxidation sites excluding steroid dienone is 2. The second-order valence-corrected chi connectivity index (χ2v) is 5.26. The van der Waals surface area contributed by atoms with Crippen LogP contribution < -0.4 is 0 Å². The van der Waals surface area contributed by atoms with Crippen LogP contribution in [-0.4, -0.2) is 31.3 Å². The monoisotopic (exact) mass is 334 g/mol. The van der Waals surface area contributed by atoms with Crippen LogP contribution in [-0.2, 0) is 19.1 Å². The van der Waals surface area contributed by atoms with E-state index >= 15 is 0 Å². The lowest BCUT2D eigenvalue weighted by atomic mass is 9.83. The zero-order valence-corrected chi connectivity index (χ0v) is 13.0. The molecule has 0 aliphatic heterocycles. The number of halogens is 3. The van der Waals surface area contributed by atoms with Gasteiger partial charge in [0.15, 0.2) is 6.61 Å². The molecule has 0 aromatic carbocycles. The molecule has 0 unspecified atom stereocenters. The summed E-state index contributed by atoms with van der Waals surface area (Å²) in [4.78, 5) is 23.2. The van der Waals surface area contributed by atoms with Crippen molar-refractivity contribution in [2.45, 2.75) is 45.2 Å². The van der Waals surface area contributed by atoms with E-state index in [1.807, 2.05) is 0 Å². The van der Waals surface area contributed by atoms with Gasteiger partial charge in [0.05, 0.1) is 6.61 Å². The first kappa shape index (κ1) is 19.3. The second kappa shape index (κ2) is 9.37. The van der Waals surface area contributed by atoms with Crippen molar-refractivity contribution in [3.8, 4) is 0 Å². The largest absolute Gasteiger partial charge is 0.463 e. The van der Waals surface area contributed by atoms with Gasteiger partial charge in [0.1, 0.15) is 0 Å². The molecular weight excluding hydrogens is 313 g/mol. The van der Waals surface area contributed by atoms with Crippen molar-refractivity contribution in [2.75, 3.05) is 13.2 Å². The molecule has 0 saturated heterocycles. The molecule has 1 rings (SSSR count). The van der Waals surface area contributed by atoms with Crippen LogP contribution in [0.2, 0.25) is 0 Å². The molecule has 1 aliphatic rings. The van der Waals surface area contributed by atoms with Crippen LogP contribution in [0.15, 0.2) is 23.8 Å². The summed E-state index contributed by atoms with van der Waals surface area (Å²) in [5.41, 5.74) is 0.450. The maximum absolute atomic E-state index is 12.0. The van der Waals surface area contributed by atoms with Gasteiger partial charge in [-0.05, 0) is 25.7 Å². The van der Waals surface area contributed by atoms with Crippen molar-refractivity contribution in [3.05, 3.63) is 23.8 Å². The summed E-state index contributed by atoms with van der Waals surface area (Å²) in [6.07, 6.45) is 3.84. The van der Waals surface area contributed by atoms with Crippen LogP contribution in [0.3, 0.4) is 0 Å². The quantitative estimate of drug-likeness (QED) is 0.422. The highest BCUT2D eigenvalue weighted by Crippen LogP contribution is 2.30. The molecule has 0 heterocycles. The Morgan fingerprint density at radius 1 is 1.13 bits per heavy atom. The van der Waals surface area contributed by atoms with E-state index in [4.69, 9.17) is 4.74 Å². The highest BCUT2D eigenvalue weighted by molar-refractivity contribution is 5.90. The minimum atomic E-state index is -4.56. The molecule has 0 spiro atoms. The third-order valence-corrected chi connectivity index (χ3v) is 3.44. The molecule has 23 heavy (non-hydrogen) atoms. The lowest BCUT2D eigenvalue weighted by Crippen LogP contribution is -2.19. The van der Waals surface area contributed by atoms with Crippen molar-refractivity contribution < 1.29 is 32.2 Å².